The number of aryl methyl sites for hydroxylation is 1. The fraction of sp³-hybridized carbons (Fsp3) is 0.306. The number of pyridine rings is 7. The summed E-state index contributed by atoms with van der Waals surface area (Å²) in [7, 11) is 0. The van der Waals surface area contributed by atoms with Gasteiger partial charge in [-0.3, -0.25) is 34.1 Å². The summed E-state index contributed by atoms with van der Waals surface area (Å²) in [5.74, 6) is -0.840. The number of hydrogen-bond acceptors (Lipinski definition) is 12. The first kappa shape index (κ1) is 110. The molecule has 2 N–H and O–H groups in total. The Labute approximate surface area is 809 Å². The Morgan fingerprint density at radius 2 is 0.890 bits per heavy atom. The van der Waals surface area contributed by atoms with Crippen LogP contribution < -0.4 is 0 Å². The monoisotopic (exact) mass is 2330 g/mol. The quantitative estimate of drug-likeness (QED) is 0.0148. The zero-order chi connectivity index (χ0) is 89.3. The average molecular weight is 2330 g/mol. The first-order valence-corrected chi connectivity index (χ1v) is 42.1. The minimum Gasteiger partial charge on any atom is -0.507 e. The summed E-state index contributed by atoms with van der Waals surface area (Å²) in [4.78, 5) is 60.4. The summed E-state index contributed by atoms with van der Waals surface area (Å²) < 4.78 is 25.9. The van der Waals surface area contributed by atoms with Gasteiger partial charge in [0.1, 0.15) is 11.5 Å². The molecule has 673 valence electrons. The van der Waals surface area contributed by atoms with E-state index in [0.717, 1.165) is 101 Å². The molecular formula is C108H118AuF2IrN9O4PtRu-2. The van der Waals surface area contributed by atoms with E-state index in [9.17, 15) is 23.5 Å². The molecule has 2 atom stereocenters. The molecule has 0 amide bonds. The van der Waals surface area contributed by atoms with Crippen molar-refractivity contribution in [2.24, 2.45) is 27.6 Å². The summed E-state index contributed by atoms with van der Waals surface area (Å²) in [6, 6.07) is 78.5. The maximum atomic E-state index is 13.1. The van der Waals surface area contributed by atoms with E-state index in [1.54, 1.807) is 73.3 Å². The molecule has 0 fully saturated rings. The van der Waals surface area contributed by atoms with Gasteiger partial charge in [-0.2, -0.15) is 59.0 Å². The van der Waals surface area contributed by atoms with Gasteiger partial charge >= 0.3 is 28.3 Å². The number of halogens is 2. The van der Waals surface area contributed by atoms with Gasteiger partial charge in [0.2, 0.25) is 0 Å². The van der Waals surface area contributed by atoms with Gasteiger partial charge < -0.3 is 25.2 Å². The van der Waals surface area contributed by atoms with Crippen molar-refractivity contribution in [3.05, 3.63) is 360 Å². The molecule has 0 saturated carbocycles. The summed E-state index contributed by atoms with van der Waals surface area (Å²) in [5.41, 5.74) is 18.9. The van der Waals surface area contributed by atoms with Gasteiger partial charge in [-0.25, -0.2) is 20.9 Å². The van der Waals surface area contributed by atoms with Crippen LogP contribution in [0.25, 0.3) is 72.7 Å². The van der Waals surface area contributed by atoms with Crippen LogP contribution in [0.5, 0.6) is 0 Å². The molecule has 0 spiro atoms. The fourth-order valence-corrected chi connectivity index (χ4v) is 13.2. The maximum Gasteiger partial charge on any atom is 3.00 e. The zero-order valence-corrected chi connectivity index (χ0v) is 84.6. The predicted octanol–water partition coefficient (Wildman–Crippen LogP) is 27.1. The van der Waals surface area contributed by atoms with Crippen LogP contribution in [0.4, 0.5) is 8.78 Å². The molecule has 8 aromatic heterocycles. The molecule has 14 rings (SSSR count). The number of aliphatic hydroxyl groups is 1. The Morgan fingerprint density at radius 1 is 0.449 bits per heavy atom. The number of allylic oxidation sites excluding steroid dienone is 1. The Bertz CT molecular complexity index is 5500. The Morgan fingerprint density at radius 3 is 1.34 bits per heavy atom. The number of nitrogens with zero attached hydrogens (tertiary/aromatic N) is 9. The Hall–Kier alpha value is -9.79. The van der Waals surface area contributed by atoms with Crippen LogP contribution in [0.2, 0.25) is 0 Å². The van der Waals surface area contributed by atoms with Crippen molar-refractivity contribution in [1.82, 2.24) is 44.9 Å². The molecular weight excluding hydrogens is 2210 g/mol. The van der Waals surface area contributed by atoms with E-state index < -0.39 is 17.7 Å². The third kappa shape index (κ3) is 38.2. The first-order chi connectivity index (χ1) is 58.5. The van der Waals surface area contributed by atoms with Crippen molar-refractivity contribution in [2.45, 2.75) is 188 Å². The van der Waals surface area contributed by atoms with Gasteiger partial charge in [0.25, 0.3) is 0 Å². The molecule has 0 aliphatic heterocycles. The largest absolute Gasteiger partial charge is 3.00 e. The number of ketones is 1. The van der Waals surface area contributed by atoms with Crippen molar-refractivity contribution >= 4 is 39.3 Å². The van der Waals surface area contributed by atoms with Crippen molar-refractivity contribution in [2.75, 3.05) is 0 Å². The molecule has 1 radical (unpaired) electrons. The van der Waals surface area contributed by atoms with Gasteiger partial charge in [0, 0.05) is 132 Å². The molecule has 19 heteroatoms. The molecule has 14 aromatic rings. The summed E-state index contributed by atoms with van der Waals surface area (Å²) >= 11 is 0. The average Bonchev–Trinajstić information content (AvgIpc) is 0.760. The van der Waals surface area contributed by atoms with E-state index in [-0.39, 0.29) is 122 Å². The van der Waals surface area contributed by atoms with E-state index in [0.29, 0.717) is 45.8 Å². The summed E-state index contributed by atoms with van der Waals surface area (Å²) in [5, 5.41) is 21.0. The van der Waals surface area contributed by atoms with Gasteiger partial charge in [0.05, 0.1) is 22.7 Å². The van der Waals surface area contributed by atoms with Crippen LogP contribution in [0.3, 0.4) is 0 Å². The van der Waals surface area contributed by atoms with E-state index in [2.05, 4.69) is 248 Å². The number of carboxylic acids is 1. The smallest absolute Gasteiger partial charge is 0.507 e. The van der Waals surface area contributed by atoms with E-state index in [4.69, 9.17) is 5.11 Å². The van der Waals surface area contributed by atoms with Crippen LogP contribution in [-0.2, 0) is 115 Å². The van der Waals surface area contributed by atoms with Crippen molar-refractivity contribution in [3.8, 4) is 45.2 Å². The van der Waals surface area contributed by atoms with Crippen molar-refractivity contribution in [3.63, 3.8) is 0 Å². The number of carboxylic acid groups (broad SMARTS) is 1. The molecule has 0 bridgehead atoms. The topological polar surface area (TPSA) is 191 Å². The number of fused-ring (bicyclic) bond motifs is 3. The van der Waals surface area contributed by atoms with Crippen LogP contribution in [0, 0.1) is 69.7 Å². The van der Waals surface area contributed by atoms with Gasteiger partial charge in [-0.05, 0) is 167 Å². The number of rotatable bonds is 19. The number of carbonyl (C=O) groups excluding carboxylic acids is 1. The second kappa shape index (κ2) is 53.9. The Kier molecular flexibility index (Phi) is 46.5. The number of aromatic nitrogens is 9. The van der Waals surface area contributed by atoms with Crippen molar-refractivity contribution < 1.29 is 112 Å². The Balaban J connectivity index is 0.000000311. The first-order valence-electron chi connectivity index (χ1n) is 42.1. The molecule has 8 heterocycles. The normalized spacial score (nSPS) is 11.5. The summed E-state index contributed by atoms with van der Waals surface area (Å²) in [6.07, 6.45) is 25.7. The number of aliphatic hydroxyl groups excluding tert-OH is 1. The van der Waals surface area contributed by atoms with E-state index in [1.165, 1.54) is 51.1 Å². The van der Waals surface area contributed by atoms with Crippen LogP contribution in [-0.4, -0.2) is 66.8 Å². The standard InChI is InChI=1S/C21H28N.C20H24N2.C15H15F2N2.C15H12O2.C14H16N3.C12H8.C11H15NO2.Au.Ir.Pt.Ru/c1-20(2,3)14-16-8-7-9-18(12-16)19-13-17(10-11-22-19)15-21(4,5)6;1-5-13(3)15-9-11-21-19-17(15)7-8-18-16(14(4)6-2)10-12-22-20(18)19;1-15(2,3)9-10-6-7-18-13(8-10)12-5-4-11(16)14(17)19-12;16-14(12-7-3-1-4-8-12)11-15(17)13-9-5-2-6-10-13;1-11(2)5-6-12-8-16-14(17-9-12)13-4-3-7-15-10-13;1-3-7-11(8-4-1)12-9-5-2-6-10-12;1-11(2,3)7-8-4-5-12-9(6-8)10(13)14;;;;/h7-8,10-13H,14-15H2,1-6H3;7-14H,5-6H2,1-4H3;4,6-8H,9H2,1-3H3;1-11,16H;3,7-11H,5-6H2,1-2H3;1-7,9H;4-6H,7H2,1-3H3,(H,13,14);;;;/q-1;;-1;;-1;-2;;+3;;;. The van der Waals surface area contributed by atoms with Crippen LogP contribution in [0.15, 0.2) is 262 Å². The molecule has 127 heavy (non-hydrogen) atoms. The van der Waals surface area contributed by atoms with Gasteiger partial charge in [0.15, 0.2) is 11.7 Å². The van der Waals surface area contributed by atoms with Crippen molar-refractivity contribution in [1.29, 1.82) is 0 Å². The number of benzene rings is 6. The number of aromatic carboxylic acids is 1. The van der Waals surface area contributed by atoms with Gasteiger partial charge in [-0.15, -0.1) is 65.7 Å². The molecule has 13 nitrogen and oxygen atoms in total. The number of hydrogen-bond donors (Lipinski definition) is 2. The maximum absolute atomic E-state index is 13.1. The minimum absolute atomic E-state index is 0. The van der Waals surface area contributed by atoms with E-state index in [1.807, 2.05) is 128 Å². The number of carbonyl (C=O) groups is 2. The van der Waals surface area contributed by atoms with Crippen LogP contribution >= 0.6 is 0 Å². The SMILES string of the molecule is CC(C)(C)Cc1cc[c-]c(-c2cc(CC(C)(C)C)ccn2)c1.CC(C)(C)Cc1ccnc(-c2[c-]cc(F)c(F)n2)c1.CC(C)(C)Cc1ccnc(C(=O)O)c1.CC(C)CCc1cnc(-c2[c-]ccnc2)nc1.CCC(C)c1ccnc2c1ccc1c(C(C)CC)ccnc12.O=C(C=C(O)c1ccccc1)c1ccccc1.[Au+3].[Ir].[Pt].[Ru].[c-]1ccccc1-c1[c-]cccc1. The molecule has 6 aromatic carbocycles. The van der Waals surface area contributed by atoms with Gasteiger partial charge in [-0.1, -0.05) is 239 Å². The zero-order valence-electron chi connectivity index (χ0n) is 76.0. The fourth-order valence-electron chi connectivity index (χ4n) is 13.2. The molecule has 0 aliphatic carbocycles. The third-order valence-electron chi connectivity index (χ3n) is 19.4. The molecule has 0 saturated heterocycles. The third-order valence-corrected chi connectivity index (χ3v) is 19.4. The minimum atomic E-state index is -1.13. The molecule has 2 unspecified atom stereocenters. The second-order valence-electron chi connectivity index (χ2n) is 35.9. The molecule has 0 aliphatic rings. The predicted molar refractivity (Wildman–Crippen MR) is 498 cm³/mol. The van der Waals surface area contributed by atoms with Crippen LogP contribution in [0.1, 0.15) is 221 Å². The summed E-state index contributed by atoms with van der Waals surface area (Å²) in [6.45, 7) is 39.8. The second-order valence-corrected chi connectivity index (χ2v) is 35.9. The van der Waals surface area contributed by atoms with E-state index >= 15 is 0 Å².